The fourth-order valence-corrected chi connectivity index (χ4v) is 1.83. The van der Waals surface area contributed by atoms with Gasteiger partial charge in [0.2, 0.25) is 0 Å². The van der Waals surface area contributed by atoms with Crippen LogP contribution in [0.3, 0.4) is 0 Å². The molecule has 0 bridgehead atoms. The normalized spacial score (nSPS) is 13.8. The lowest BCUT2D eigenvalue weighted by Crippen LogP contribution is -2.36. The first-order chi connectivity index (χ1) is 9.31. The van der Waals surface area contributed by atoms with Crippen molar-refractivity contribution in [1.82, 2.24) is 9.88 Å². The van der Waals surface area contributed by atoms with Crippen molar-refractivity contribution in [3.63, 3.8) is 0 Å². The van der Waals surface area contributed by atoms with Gasteiger partial charge in [-0.2, -0.15) is 13.2 Å². The van der Waals surface area contributed by atoms with Crippen LogP contribution in [-0.4, -0.2) is 52.1 Å². The minimum absolute atomic E-state index is 0.0643. The third-order valence-electron chi connectivity index (χ3n) is 2.64. The zero-order chi connectivity index (χ0) is 15.2. The van der Waals surface area contributed by atoms with E-state index in [1.165, 1.54) is 17.3 Å². The summed E-state index contributed by atoms with van der Waals surface area (Å²) in [5.74, 6) is 0. The molecule has 0 aliphatic carbocycles. The van der Waals surface area contributed by atoms with Gasteiger partial charge in [0.25, 0.3) is 0 Å². The number of aromatic nitrogens is 1. The third-order valence-corrected chi connectivity index (χ3v) is 2.98. The maximum absolute atomic E-state index is 12.3. The monoisotopic (exact) mass is 312 g/mol. The molecule has 1 atom stereocenters. The van der Waals surface area contributed by atoms with Crippen molar-refractivity contribution >= 4 is 11.6 Å². The summed E-state index contributed by atoms with van der Waals surface area (Å²) in [4.78, 5) is 5.19. The summed E-state index contributed by atoms with van der Waals surface area (Å²) in [5, 5.41) is 18.5. The van der Waals surface area contributed by atoms with Gasteiger partial charge in [-0.15, -0.1) is 0 Å². The molecule has 0 radical (unpaired) electrons. The van der Waals surface area contributed by atoms with Crippen LogP contribution in [0.15, 0.2) is 18.5 Å². The summed E-state index contributed by atoms with van der Waals surface area (Å²) < 4.78 is 36.8. The molecule has 0 unspecified atom stereocenters. The lowest BCUT2D eigenvalue weighted by Gasteiger charge is -2.25. The molecular weight excluding hydrogens is 297 g/mol. The Kier molecular flexibility index (Phi) is 6.67. The van der Waals surface area contributed by atoms with Gasteiger partial charge >= 0.3 is 6.18 Å². The smallest absolute Gasteiger partial charge is 0.390 e. The number of pyridine rings is 1. The first kappa shape index (κ1) is 17.2. The van der Waals surface area contributed by atoms with Gasteiger partial charge in [-0.05, 0) is 11.6 Å². The van der Waals surface area contributed by atoms with Crippen LogP contribution >= 0.6 is 11.6 Å². The Balaban J connectivity index is 2.69. The van der Waals surface area contributed by atoms with Crippen LogP contribution in [0.1, 0.15) is 12.0 Å². The Labute approximate surface area is 119 Å². The van der Waals surface area contributed by atoms with Gasteiger partial charge in [-0.1, -0.05) is 11.6 Å². The van der Waals surface area contributed by atoms with Gasteiger partial charge in [0.1, 0.15) is 0 Å². The molecule has 0 aromatic carbocycles. The molecule has 1 aromatic heterocycles. The van der Waals surface area contributed by atoms with E-state index in [9.17, 15) is 18.3 Å². The lowest BCUT2D eigenvalue weighted by molar-refractivity contribution is -0.139. The Morgan fingerprint density at radius 3 is 2.65 bits per heavy atom. The predicted molar refractivity (Wildman–Crippen MR) is 68.3 cm³/mol. The Morgan fingerprint density at radius 1 is 1.40 bits per heavy atom. The third kappa shape index (κ3) is 6.51. The SMILES string of the molecule is OC[C@@H](O)CN(CCC(F)(F)F)Cc1ccncc1Cl. The van der Waals surface area contributed by atoms with Crippen molar-refractivity contribution in [2.24, 2.45) is 0 Å². The molecule has 4 nitrogen and oxygen atoms in total. The standard InChI is InChI=1S/C12H16ClF3N2O2/c13-11-5-17-3-1-9(11)6-18(7-10(20)8-19)4-2-12(14,15)16/h1,3,5,10,19-20H,2,4,6-8H2/t10-/m0/s1. The number of aliphatic hydroxyl groups is 2. The second-order valence-corrected chi connectivity index (χ2v) is 4.81. The van der Waals surface area contributed by atoms with Gasteiger partial charge < -0.3 is 10.2 Å². The molecule has 1 aromatic rings. The van der Waals surface area contributed by atoms with Crippen LogP contribution in [0.5, 0.6) is 0 Å². The minimum Gasteiger partial charge on any atom is -0.394 e. The van der Waals surface area contributed by atoms with E-state index in [1.807, 2.05) is 0 Å². The molecule has 20 heavy (non-hydrogen) atoms. The van der Waals surface area contributed by atoms with Crippen molar-refractivity contribution in [2.75, 3.05) is 19.7 Å². The average molecular weight is 313 g/mol. The van der Waals surface area contributed by atoms with Crippen molar-refractivity contribution < 1.29 is 23.4 Å². The van der Waals surface area contributed by atoms with E-state index < -0.39 is 25.3 Å². The summed E-state index contributed by atoms with van der Waals surface area (Å²) >= 11 is 5.91. The molecular formula is C12H16ClF3N2O2. The molecule has 2 N–H and O–H groups in total. The van der Waals surface area contributed by atoms with Gasteiger partial charge in [-0.25, -0.2) is 0 Å². The van der Waals surface area contributed by atoms with E-state index in [1.54, 1.807) is 6.07 Å². The van der Waals surface area contributed by atoms with Crippen LogP contribution in [0.4, 0.5) is 13.2 Å². The molecule has 0 saturated carbocycles. The molecule has 0 fully saturated rings. The quantitative estimate of drug-likeness (QED) is 0.807. The fraction of sp³-hybridized carbons (Fsp3) is 0.583. The molecule has 0 spiro atoms. The molecule has 0 aliphatic heterocycles. The minimum atomic E-state index is -4.27. The Bertz CT molecular complexity index is 418. The molecule has 114 valence electrons. The van der Waals surface area contributed by atoms with Gasteiger partial charge in [0.05, 0.1) is 24.2 Å². The van der Waals surface area contributed by atoms with E-state index in [4.69, 9.17) is 16.7 Å². The molecule has 0 amide bonds. The van der Waals surface area contributed by atoms with Crippen LogP contribution in [0, 0.1) is 0 Å². The largest absolute Gasteiger partial charge is 0.394 e. The van der Waals surface area contributed by atoms with Crippen LogP contribution in [-0.2, 0) is 6.54 Å². The van der Waals surface area contributed by atoms with Crippen molar-refractivity contribution in [1.29, 1.82) is 0 Å². The fourth-order valence-electron chi connectivity index (χ4n) is 1.65. The van der Waals surface area contributed by atoms with E-state index >= 15 is 0 Å². The number of aliphatic hydroxyl groups excluding tert-OH is 2. The highest BCUT2D eigenvalue weighted by Crippen LogP contribution is 2.21. The Morgan fingerprint density at radius 2 is 2.10 bits per heavy atom. The predicted octanol–water partition coefficient (Wildman–Crippen LogP) is 1.84. The number of alkyl halides is 3. The topological polar surface area (TPSA) is 56.6 Å². The van der Waals surface area contributed by atoms with E-state index in [0.717, 1.165) is 0 Å². The van der Waals surface area contributed by atoms with Gasteiger partial charge in [0, 0.05) is 32.0 Å². The van der Waals surface area contributed by atoms with Crippen molar-refractivity contribution in [3.8, 4) is 0 Å². The Hall–Kier alpha value is -0.890. The summed E-state index contributed by atoms with van der Waals surface area (Å²) in [5.41, 5.74) is 0.619. The molecule has 8 heteroatoms. The second-order valence-electron chi connectivity index (χ2n) is 4.40. The molecule has 1 heterocycles. The highest BCUT2D eigenvalue weighted by Gasteiger charge is 2.28. The second kappa shape index (κ2) is 7.78. The van der Waals surface area contributed by atoms with E-state index in [0.29, 0.717) is 10.6 Å². The number of hydrogen-bond donors (Lipinski definition) is 2. The average Bonchev–Trinajstić information content (AvgIpc) is 2.37. The van der Waals surface area contributed by atoms with Crippen LogP contribution in [0.25, 0.3) is 0 Å². The summed E-state index contributed by atoms with van der Waals surface area (Å²) in [6.07, 6.45) is -3.46. The summed E-state index contributed by atoms with van der Waals surface area (Å²) in [6, 6.07) is 1.61. The lowest BCUT2D eigenvalue weighted by atomic mass is 10.2. The summed E-state index contributed by atoms with van der Waals surface area (Å²) in [6.45, 7) is -0.703. The first-order valence-corrected chi connectivity index (χ1v) is 6.36. The number of nitrogens with zero attached hydrogens (tertiary/aromatic N) is 2. The van der Waals surface area contributed by atoms with Crippen LogP contribution < -0.4 is 0 Å². The first-order valence-electron chi connectivity index (χ1n) is 5.98. The summed E-state index contributed by atoms with van der Waals surface area (Å²) in [7, 11) is 0. The number of halogens is 4. The zero-order valence-electron chi connectivity index (χ0n) is 10.6. The van der Waals surface area contributed by atoms with Crippen molar-refractivity contribution in [3.05, 3.63) is 29.0 Å². The highest BCUT2D eigenvalue weighted by molar-refractivity contribution is 6.31. The van der Waals surface area contributed by atoms with E-state index in [-0.39, 0.29) is 19.6 Å². The maximum atomic E-state index is 12.3. The van der Waals surface area contributed by atoms with Crippen molar-refractivity contribution in [2.45, 2.75) is 25.2 Å². The molecule has 1 rings (SSSR count). The van der Waals surface area contributed by atoms with E-state index in [2.05, 4.69) is 4.98 Å². The zero-order valence-corrected chi connectivity index (χ0v) is 11.4. The molecule has 0 saturated heterocycles. The molecule has 0 aliphatic rings. The highest BCUT2D eigenvalue weighted by atomic mass is 35.5. The van der Waals surface area contributed by atoms with Gasteiger partial charge in [0.15, 0.2) is 0 Å². The number of hydrogen-bond acceptors (Lipinski definition) is 4. The number of rotatable bonds is 7. The van der Waals surface area contributed by atoms with Gasteiger partial charge in [-0.3, -0.25) is 9.88 Å². The van der Waals surface area contributed by atoms with Crippen LogP contribution in [0.2, 0.25) is 5.02 Å². The maximum Gasteiger partial charge on any atom is 0.390 e.